The Labute approximate surface area is 187 Å². The molecule has 3 rings (SSSR count). The molecule has 2 atom stereocenters. The summed E-state index contributed by atoms with van der Waals surface area (Å²) in [5.74, 6) is 0.517. The molecule has 2 bridgehead atoms. The van der Waals surface area contributed by atoms with Gasteiger partial charge < -0.3 is 20.3 Å². The molecule has 2 heterocycles. The van der Waals surface area contributed by atoms with Crippen LogP contribution in [0.15, 0.2) is 29.3 Å². The lowest BCUT2D eigenvalue weighted by molar-refractivity contribution is -0.138. The Morgan fingerprint density at radius 1 is 1.21 bits per heavy atom. The summed E-state index contributed by atoms with van der Waals surface area (Å²) >= 11 is 0. The average Bonchev–Trinajstić information content (AvgIpc) is 2.64. The van der Waals surface area contributed by atoms with Gasteiger partial charge in [0.05, 0.1) is 12.1 Å². The minimum Gasteiger partial charge on any atom is -0.491 e. The van der Waals surface area contributed by atoms with Crippen molar-refractivity contribution in [2.24, 2.45) is 4.99 Å². The zero-order valence-electron chi connectivity index (χ0n) is 16.8. The summed E-state index contributed by atoms with van der Waals surface area (Å²) in [4.78, 5) is 6.75. The van der Waals surface area contributed by atoms with Crippen molar-refractivity contribution in [2.45, 2.75) is 56.4 Å². The molecule has 0 aromatic heterocycles. The third-order valence-corrected chi connectivity index (χ3v) is 5.75. The number of nitrogens with zero attached hydrogens (tertiary/aromatic N) is 2. The fourth-order valence-corrected chi connectivity index (χ4v) is 4.28. The van der Waals surface area contributed by atoms with Gasteiger partial charge in [-0.15, -0.1) is 24.0 Å². The normalized spacial score (nSPS) is 25.1. The van der Waals surface area contributed by atoms with Gasteiger partial charge in [0, 0.05) is 25.2 Å². The zero-order chi connectivity index (χ0) is 20.1. The van der Waals surface area contributed by atoms with Crippen molar-refractivity contribution in [3.05, 3.63) is 29.8 Å². The van der Waals surface area contributed by atoms with E-state index in [-0.39, 0.29) is 36.3 Å². The van der Waals surface area contributed by atoms with Crippen LogP contribution in [0.3, 0.4) is 0 Å². The summed E-state index contributed by atoms with van der Waals surface area (Å²) in [6, 6.07) is 6.86. The van der Waals surface area contributed by atoms with Crippen molar-refractivity contribution in [1.29, 1.82) is 0 Å². The van der Waals surface area contributed by atoms with Crippen LogP contribution >= 0.6 is 24.0 Å². The Hall–Kier alpha value is -1.23. The number of benzene rings is 1. The van der Waals surface area contributed by atoms with Crippen LogP contribution in [-0.4, -0.2) is 56.2 Å². The van der Waals surface area contributed by atoms with Gasteiger partial charge >= 0.3 is 6.18 Å². The molecule has 2 aliphatic heterocycles. The number of fused-ring (bicyclic) bond motifs is 2. The molecule has 2 fully saturated rings. The molecule has 2 aliphatic rings. The summed E-state index contributed by atoms with van der Waals surface area (Å²) in [7, 11) is 3.92. The number of rotatable bonds is 5. The molecule has 0 radical (unpaired) electrons. The van der Waals surface area contributed by atoms with Gasteiger partial charge in [-0.25, -0.2) is 0 Å². The highest BCUT2D eigenvalue weighted by atomic mass is 127. The summed E-state index contributed by atoms with van der Waals surface area (Å²) < 4.78 is 44.3. The molecule has 1 aromatic rings. The van der Waals surface area contributed by atoms with Gasteiger partial charge in [0.25, 0.3) is 0 Å². The minimum atomic E-state index is -4.42. The number of halogens is 4. The maximum Gasteiger partial charge on any atom is 0.419 e. The monoisotopic (exact) mass is 526 g/mol. The highest BCUT2D eigenvalue weighted by molar-refractivity contribution is 14.0. The van der Waals surface area contributed by atoms with Crippen molar-refractivity contribution >= 4 is 29.9 Å². The molecule has 5 nitrogen and oxygen atoms in total. The van der Waals surface area contributed by atoms with Gasteiger partial charge in [-0.1, -0.05) is 18.6 Å². The summed E-state index contributed by atoms with van der Waals surface area (Å²) in [6.45, 7) is 0.484. The Kier molecular flexibility index (Phi) is 8.87. The number of guanidine groups is 1. The molecular weight excluding hydrogens is 496 g/mol. The van der Waals surface area contributed by atoms with E-state index in [9.17, 15) is 13.2 Å². The summed E-state index contributed by atoms with van der Waals surface area (Å²) in [5, 5.41) is 6.61. The van der Waals surface area contributed by atoms with Crippen LogP contribution in [-0.2, 0) is 6.18 Å². The first-order chi connectivity index (χ1) is 13.4. The zero-order valence-corrected chi connectivity index (χ0v) is 19.2. The van der Waals surface area contributed by atoms with Crippen LogP contribution in [0.2, 0.25) is 0 Å². The quantitative estimate of drug-likeness (QED) is 0.265. The number of nitrogens with one attached hydrogen (secondary N) is 2. The molecule has 1 aromatic carbocycles. The first-order valence-corrected chi connectivity index (χ1v) is 9.86. The van der Waals surface area contributed by atoms with E-state index in [1.54, 1.807) is 7.05 Å². The predicted molar refractivity (Wildman–Crippen MR) is 119 cm³/mol. The molecule has 0 amide bonds. The highest BCUT2D eigenvalue weighted by Crippen LogP contribution is 2.36. The number of piperidine rings is 2. The van der Waals surface area contributed by atoms with E-state index < -0.39 is 11.7 Å². The van der Waals surface area contributed by atoms with E-state index in [0.717, 1.165) is 18.9 Å². The van der Waals surface area contributed by atoms with Gasteiger partial charge in [0.1, 0.15) is 12.4 Å². The Morgan fingerprint density at radius 2 is 1.86 bits per heavy atom. The van der Waals surface area contributed by atoms with Crippen LogP contribution in [0, 0.1) is 0 Å². The van der Waals surface area contributed by atoms with E-state index in [0.29, 0.717) is 30.6 Å². The predicted octanol–water partition coefficient (Wildman–Crippen LogP) is 3.88. The van der Waals surface area contributed by atoms with Crippen LogP contribution in [0.4, 0.5) is 13.2 Å². The first kappa shape index (κ1) is 24.0. The number of ether oxygens (including phenoxy) is 1. The van der Waals surface area contributed by atoms with Gasteiger partial charge in [0.2, 0.25) is 0 Å². The van der Waals surface area contributed by atoms with Gasteiger partial charge in [0.15, 0.2) is 5.96 Å². The number of aliphatic imine (C=N–C) groups is 1. The van der Waals surface area contributed by atoms with Crippen molar-refractivity contribution < 1.29 is 17.9 Å². The molecule has 9 heteroatoms. The molecule has 2 N–H and O–H groups in total. The number of hydrogen-bond acceptors (Lipinski definition) is 3. The minimum absolute atomic E-state index is 0. The molecule has 164 valence electrons. The average molecular weight is 526 g/mol. The van der Waals surface area contributed by atoms with Crippen LogP contribution in [0.5, 0.6) is 5.75 Å². The second-order valence-corrected chi connectivity index (χ2v) is 7.56. The molecule has 0 aliphatic carbocycles. The second kappa shape index (κ2) is 10.7. The Balaban J connectivity index is 0.00000300. The third kappa shape index (κ3) is 6.37. The van der Waals surface area contributed by atoms with Crippen LogP contribution in [0.25, 0.3) is 0 Å². The third-order valence-electron chi connectivity index (χ3n) is 5.75. The molecule has 0 saturated carbocycles. The number of hydrogen-bond donors (Lipinski definition) is 2. The van der Waals surface area contributed by atoms with Crippen molar-refractivity contribution in [2.75, 3.05) is 27.2 Å². The number of alkyl halides is 3. The van der Waals surface area contributed by atoms with Crippen LogP contribution < -0.4 is 15.4 Å². The smallest absolute Gasteiger partial charge is 0.419 e. The molecule has 2 unspecified atom stereocenters. The standard InChI is InChI=1S/C20H29F3N4O.HI/c1-24-19(26-14-12-15-6-5-7-16(13-14)27(15)2)25-10-11-28-18-9-4-3-8-17(18)20(21,22)23;/h3-4,8-9,14-16H,5-7,10-13H2,1-2H3,(H2,24,25,26);1H. The van der Waals surface area contributed by atoms with E-state index in [4.69, 9.17) is 4.74 Å². The summed E-state index contributed by atoms with van der Waals surface area (Å²) in [5.41, 5.74) is -0.754. The van der Waals surface area contributed by atoms with Crippen molar-refractivity contribution in [3.63, 3.8) is 0 Å². The maximum absolute atomic E-state index is 13.0. The topological polar surface area (TPSA) is 48.9 Å². The van der Waals surface area contributed by atoms with Gasteiger partial charge in [-0.05, 0) is 44.9 Å². The number of para-hydroxylation sites is 1. The second-order valence-electron chi connectivity index (χ2n) is 7.56. The molecule has 29 heavy (non-hydrogen) atoms. The van der Waals surface area contributed by atoms with Crippen LogP contribution in [0.1, 0.15) is 37.7 Å². The van der Waals surface area contributed by atoms with Gasteiger partial charge in [-0.3, -0.25) is 4.99 Å². The molecule has 0 spiro atoms. The van der Waals surface area contributed by atoms with E-state index in [1.165, 1.54) is 37.5 Å². The fourth-order valence-electron chi connectivity index (χ4n) is 4.28. The lowest BCUT2D eigenvalue weighted by Crippen LogP contribution is -2.56. The lowest BCUT2D eigenvalue weighted by Gasteiger charge is -2.47. The fraction of sp³-hybridized carbons (Fsp3) is 0.650. The molecular formula is C20H30F3IN4O. The highest BCUT2D eigenvalue weighted by Gasteiger charge is 2.36. The molecule has 2 saturated heterocycles. The maximum atomic E-state index is 13.0. The van der Waals surface area contributed by atoms with E-state index >= 15 is 0 Å². The van der Waals surface area contributed by atoms with E-state index in [1.807, 2.05) is 0 Å². The summed E-state index contributed by atoms with van der Waals surface area (Å²) in [6.07, 6.45) is 1.53. The van der Waals surface area contributed by atoms with Crippen molar-refractivity contribution in [1.82, 2.24) is 15.5 Å². The largest absolute Gasteiger partial charge is 0.491 e. The van der Waals surface area contributed by atoms with Gasteiger partial charge in [-0.2, -0.15) is 13.2 Å². The SMILES string of the molecule is CN=C(NCCOc1ccccc1C(F)(F)F)NC1CC2CCCC(C1)N2C.I. The lowest BCUT2D eigenvalue weighted by atomic mass is 9.82. The first-order valence-electron chi connectivity index (χ1n) is 9.86. The van der Waals surface area contributed by atoms with E-state index in [2.05, 4.69) is 27.6 Å². The van der Waals surface area contributed by atoms with Crippen molar-refractivity contribution in [3.8, 4) is 5.75 Å². The Bertz CT molecular complexity index is 672. The Morgan fingerprint density at radius 3 is 2.48 bits per heavy atom.